The van der Waals surface area contributed by atoms with Gasteiger partial charge in [-0.25, -0.2) is 4.79 Å². The molecule has 1 aromatic carbocycles. The molecular formula is C18H25N3O4. The van der Waals surface area contributed by atoms with E-state index in [-0.39, 0.29) is 11.9 Å². The summed E-state index contributed by atoms with van der Waals surface area (Å²) in [6.45, 7) is 3.48. The van der Waals surface area contributed by atoms with Gasteiger partial charge in [-0.1, -0.05) is 0 Å². The minimum absolute atomic E-state index is 0.0391. The van der Waals surface area contributed by atoms with Crippen molar-refractivity contribution in [2.75, 3.05) is 51.8 Å². The van der Waals surface area contributed by atoms with Crippen molar-refractivity contribution in [3.8, 4) is 5.75 Å². The zero-order valence-corrected chi connectivity index (χ0v) is 14.8. The number of carbonyl (C=O) groups excluding carboxylic acids is 2. The highest BCUT2D eigenvalue weighted by atomic mass is 16.5. The van der Waals surface area contributed by atoms with Crippen LogP contribution in [0.2, 0.25) is 0 Å². The summed E-state index contributed by atoms with van der Waals surface area (Å²) in [6.07, 6.45) is 1.15. The number of ether oxygens (including phenoxy) is 2. The number of methoxy groups -OCH3 is 2. The molecule has 2 aliphatic heterocycles. The molecule has 7 heteroatoms. The first-order chi connectivity index (χ1) is 12.1. The Labute approximate surface area is 148 Å². The van der Waals surface area contributed by atoms with Crippen LogP contribution in [-0.4, -0.2) is 74.8 Å². The number of benzene rings is 1. The average molecular weight is 347 g/mol. The summed E-state index contributed by atoms with van der Waals surface area (Å²) in [7, 11) is 3.01. The summed E-state index contributed by atoms with van der Waals surface area (Å²) in [4.78, 5) is 30.3. The van der Waals surface area contributed by atoms with Crippen LogP contribution < -0.4 is 9.64 Å². The van der Waals surface area contributed by atoms with Crippen LogP contribution in [0, 0.1) is 0 Å². The van der Waals surface area contributed by atoms with Gasteiger partial charge in [0.2, 0.25) is 5.91 Å². The Morgan fingerprint density at radius 2 is 1.68 bits per heavy atom. The first-order valence-electron chi connectivity index (χ1n) is 8.66. The van der Waals surface area contributed by atoms with E-state index in [1.54, 1.807) is 12.0 Å². The number of carbonyl (C=O) groups is 2. The molecule has 1 atom stereocenters. The lowest BCUT2D eigenvalue weighted by molar-refractivity contribution is -0.135. The third-order valence-corrected chi connectivity index (χ3v) is 4.98. The van der Waals surface area contributed by atoms with Crippen molar-refractivity contribution >= 4 is 17.7 Å². The molecule has 7 nitrogen and oxygen atoms in total. The average Bonchev–Trinajstić information content (AvgIpc) is 3.17. The van der Waals surface area contributed by atoms with Gasteiger partial charge in [-0.15, -0.1) is 0 Å². The lowest BCUT2D eigenvalue weighted by Crippen LogP contribution is -2.54. The summed E-state index contributed by atoms with van der Waals surface area (Å²) in [5, 5.41) is 0. The molecule has 3 rings (SSSR count). The van der Waals surface area contributed by atoms with Crippen molar-refractivity contribution in [1.82, 2.24) is 9.80 Å². The minimum Gasteiger partial charge on any atom is -0.497 e. The highest BCUT2D eigenvalue weighted by Gasteiger charge is 2.37. The molecule has 0 bridgehead atoms. The Bertz CT molecular complexity index is 611. The van der Waals surface area contributed by atoms with E-state index >= 15 is 0 Å². The number of piperazine rings is 1. The first-order valence-corrected chi connectivity index (χ1v) is 8.66. The Kier molecular flexibility index (Phi) is 5.31. The van der Waals surface area contributed by atoms with Crippen molar-refractivity contribution in [3.05, 3.63) is 24.3 Å². The van der Waals surface area contributed by atoms with Crippen LogP contribution in [-0.2, 0) is 9.53 Å². The predicted octanol–water partition coefficient (Wildman–Crippen LogP) is 1.57. The third-order valence-electron chi connectivity index (χ3n) is 4.98. The Balaban J connectivity index is 1.58. The van der Waals surface area contributed by atoms with Gasteiger partial charge in [0.1, 0.15) is 11.8 Å². The number of anilines is 1. The maximum atomic E-state index is 12.8. The molecule has 0 aromatic heterocycles. The Morgan fingerprint density at radius 3 is 2.28 bits per heavy atom. The highest BCUT2D eigenvalue weighted by Crippen LogP contribution is 2.23. The second kappa shape index (κ2) is 7.63. The standard InChI is InChI=1S/C18H25N3O4/c1-24-15-7-5-14(6-8-15)19-10-12-20(13-11-19)17(22)16-4-3-9-21(16)18(23)25-2/h5-8,16H,3-4,9-13H2,1-2H3. The van der Waals surface area contributed by atoms with Gasteiger partial charge >= 0.3 is 6.09 Å². The molecule has 2 amide bonds. The van der Waals surface area contributed by atoms with Crippen LogP contribution in [0.3, 0.4) is 0 Å². The second-order valence-corrected chi connectivity index (χ2v) is 6.33. The number of nitrogens with zero attached hydrogens (tertiary/aromatic N) is 3. The van der Waals surface area contributed by atoms with Gasteiger partial charge in [-0.3, -0.25) is 9.69 Å². The number of amides is 2. The van der Waals surface area contributed by atoms with Crippen molar-refractivity contribution < 1.29 is 19.1 Å². The molecule has 0 N–H and O–H groups in total. The molecule has 0 spiro atoms. The zero-order chi connectivity index (χ0) is 17.8. The molecule has 1 unspecified atom stereocenters. The van der Waals surface area contributed by atoms with Crippen molar-refractivity contribution in [1.29, 1.82) is 0 Å². The van der Waals surface area contributed by atoms with E-state index in [1.807, 2.05) is 29.2 Å². The van der Waals surface area contributed by atoms with Gasteiger partial charge < -0.3 is 19.3 Å². The molecule has 2 fully saturated rings. The Morgan fingerprint density at radius 1 is 1.00 bits per heavy atom. The number of hydrogen-bond donors (Lipinski definition) is 0. The number of likely N-dealkylation sites (tertiary alicyclic amines) is 1. The molecular weight excluding hydrogens is 322 g/mol. The monoisotopic (exact) mass is 347 g/mol. The van der Waals surface area contributed by atoms with E-state index in [2.05, 4.69) is 4.90 Å². The van der Waals surface area contributed by atoms with E-state index in [1.165, 1.54) is 7.11 Å². The largest absolute Gasteiger partial charge is 0.497 e. The Hall–Kier alpha value is -2.44. The molecule has 2 heterocycles. The fourth-order valence-electron chi connectivity index (χ4n) is 3.55. The molecule has 136 valence electrons. The zero-order valence-electron chi connectivity index (χ0n) is 14.8. The highest BCUT2D eigenvalue weighted by molar-refractivity contribution is 5.86. The summed E-state index contributed by atoms with van der Waals surface area (Å²) in [5.41, 5.74) is 1.13. The van der Waals surface area contributed by atoms with Gasteiger partial charge in [-0.05, 0) is 37.1 Å². The fourth-order valence-corrected chi connectivity index (χ4v) is 3.55. The second-order valence-electron chi connectivity index (χ2n) is 6.33. The lowest BCUT2D eigenvalue weighted by atomic mass is 10.1. The van der Waals surface area contributed by atoms with Crippen LogP contribution >= 0.6 is 0 Å². The molecule has 2 saturated heterocycles. The van der Waals surface area contributed by atoms with Crippen LogP contribution in [0.15, 0.2) is 24.3 Å². The predicted molar refractivity (Wildman–Crippen MR) is 93.9 cm³/mol. The molecule has 25 heavy (non-hydrogen) atoms. The molecule has 2 aliphatic rings. The quantitative estimate of drug-likeness (QED) is 0.831. The van der Waals surface area contributed by atoms with Gasteiger partial charge in [0.15, 0.2) is 0 Å². The van der Waals surface area contributed by atoms with Crippen LogP contribution in [0.5, 0.6) is 5.75 Å². The van der Waals surface area contributed by atoms with E-state index in [0.717, 1.165) is 30.9 Å². The third kappa shape index (κ3) is 3.65. The van der Waals surface area contributed by atoms with Crippen molar-refractivity contribution in [2.24, 2.45) is 0 Å². The summed E-state index contributed by atoms with van der Waals surface area (Å²) >= 11 is 0. The lowest BCUT2D eigenvalue weighted by Gasteiger charge is -2.38. The van der Waals surface area contributed by atoms with E-state index in [9.17, 15) is 9.59 Å². The normalized spacial score (nSPS) is 20.6. The van der Waals surface area contributed by atoms with Crippen LogP contribution in [0.1, 0.15) is 12.8 Å². The fraction of sp³-hybridized carbons (Fsp3) is 0.556. The summed E-state index contributed by atoms with van der Waals surface area (Å²) < 4.78 is 9.98. The maximum Gasteiger partial charge on any atom is 0.410 e. The maximum absolute atomic E-state index is 12.8. The van der Waals surface area contributed by atoms with E-state index in [0.29, 0.717) is 26.1 Å². The molecule has 0 radical (unpaired) electrons. The molecule has 0 aliphatic carbocycles. The van der Waals surface area contributed by atoms with Crippen LogP contribution in [0.4, 0.5) is 10.5 Å². The first kappa shape index (κ1) is 17.4. The smallest absolute Gasteiger partial charge is 0.410 e. The van der Waals surface area contributed by atoms with Gasteiger partial charge in [0.25, 0.3) is 0 Å². The topological polar surface area (TPSA) is 62.3 Å². The SMILES string of the molecule is COC(=O)N1CCCC1C(=O)N1CCN(c2ccc(OC)cc2)CC1. The van der Waals surface area contributed by atoms with E-state index < -0.39 is 6.09 Å². The molecule has 0 saturated carbocycles. The van der Waals surface area contributed by atoms with Gasteiger partial charge in [0.05, 0.1) is 14.2 Å². The van der Waals surface area contributed by atoms with Crippen LogP contribution in [0.25, 0.3) is 0 Å². The van der Waals surface area contributed by atoms with Gasteiger partial charge in [-0.2, -0.15) is 0 Å². The summed E-state index contributed by atoms with van der Waals surface area (Å²) in [5.74, 6) is 0.874. The van der Waals surface area contributed by atoms with Crippen molar-refractivity contribution in [3.63, 3.8) is 0 Å². The minimum atomic E-state index is -0.410. The van der Waals surface area contributed by atoms with Crippen molar-refractivity contribution in [2.45, 2.75) is 18.9 Å². The summed E-state index contributed by atoms with van der Waals surface area (Å²) in [6, 6.07) is 7.58. The van der Waals surface area contributed by atoms with E-state index in [4.69, 9.17) is 9.47 Å². The molecule has 1 aromatic rings. The number of hydrogen-bond acceptors (Lipinski definition) is 5. The number of rotatable bonds is 3. The van der Waals surface area contributed by atoms with Gasteiger partial charge in [0, 0.05) is 38.4 Å².